The van der Waals surface area contributed by atoms with Gasteiger partial charge in [-0.05, 0) is 30.7 Å². The molecule has 0 saturated carbocycles. The van der Waals surface area contributed by atoms with E-state index in [4.69, 9.17) is 0 Å². The average Bonchev–Trinajstić information content (AvgIpc) is 2.62. The lowest BCUT2D eigenvalue weighted by Gasteiger charge is -2.27. The van der Waals surface area contributed by atoms with Crippen LogP contribution in [0.5, 0.6) is 0 Å². The number of hydrogen-bond acceptors (Lipinski definition) is 6. The first-order valence-corrected chi connectivity index (χ1v) is 9.74. The molecule has 2 aromatic rings. The van der Waals surface area contributed by atoms with Crippen molar-refractivity contribution in [2.45, 2.75) is 31.7 Å². The lowest BCUT2D eigenvalue weighted by molar-refractivity contribution is -0.137. The van der Waals surface area contributed by atoms with Crippen molar-refractivity contribution in [2.75, 3.05) is 23.1 Å². The van der Waals surface area contributed by atoms with Crippen LogP contribution in [0.3, 0.4) is 0 Å². The van der Waals surface area contributed by atoms with Crippen LogP contribution in [0.2, 0.25) is 0 Å². The molecular formula is C17H18F4N5O2S-. The predicted molar refractivity (Wildman–Crippen MR) is 99.5 cm³/mol. The number of benzene rings is 1. The molecule has 158 valence electrons. The molecule has 0 radical (unpaired) electrons. The van der Waals surface area contributed by atoms with Gasteiger partial charge < -0.3 is 19.9 Å². The number of nitrogens with one attached hydrogen (secondary N) is 3. The molecule has 7 nitrogen and oxygen atoms in total. The second-order valence-corrected chi connectivity index (χ2v) is 7.36. The topological polar surface area (TPSA) is 102 Å². The van der Waals surface area contributed by atoms with Crippen molar-refractivity contribution in [3.8, 4) is 11.3 Å². The van der Waals surface area contributed by atoms with E-state index in [1.807, 2.05) is 4.72 Å². The molecule has 29 heavy (non-hydrogen) atoms. The molecule has 0 bridgehead atoms. The van der Waals surface area contributed by atoms with Gasteiger partial charge in [-0.2, -0.15) is 13.2 Å². The van der Waals surface area contributed by atoms with Crippen molar-refractivity contribution in [3.63, 3.8) is 0 Å². The second kappa shape index (κ2) is 8.59. The van der Waals surface area contributed by atoms with Gasteiger partial charge in [-0.25, -0.2) is 4.39 Å². The van der Waals surface area contributed by atoms with Crippen LogP contribution in [0.15, 0.2) is 24.3 Å². The van der Waals surface area contributed by atoms with Gasteiger partial charge in [0.1, 0.15) is 6.17 Å². The molecule has 0 spiro atoms. The van der Waals surface area contributed by atoms with Crippen LogP contribution in [-0.2, 0) is 17.4 Å². The van der Waals surface area contributed by atoms with E-state index in [1.165, 1.54) is 0 Å². The van der Waals surface area contributed by atoms with Crippen molar-refractivity contribution in [2.24, 2.45) is 0 Å². The maximum absolute atomic E-state index is 13.5. The van der Waals surface area contributed by atoms with E-state index in [1.54, 1.807) is 13.0 Å². The van der Waals surface area contributed by atoms with E-state index in [-0.39, 0.29) is 23.0 Å². The fourth-order valence-corrected chi connectivity index (χ4v) is 3.42. The lowest BCUT2D eigenvalue weighted by Crippen LogP contribution is -2.44. The number of hydrogen-bond donors (Lipinski definition) is 3. The van der Waals surface area contributed by atoms with E-state index >= 15 is 0 Å². The Morgan fingerprint density at radius 1 is 1.24 bits per heavy atom. The molecule has 0 amide bonds. The number of halogens is 4. The monoisotopic (exact) mass is 432 g/mol. The predicted octanol–water partition coefficient (Wildman–Crippen LogP) is 2.79. The number of anilines is 2. The van der Waals surface area contributed by atoms with Crippen LogP contribution < -0.4 is 15.4 Å². The Morgan fingerprint density at radius 2 is 2.00 bits per heavy atom. The number of piperidine rings is 1. The minimum Gasteiger partial charge on any atom is -0.755 e. The summed E-state index contributed by atoms with van der Waals surface area (Å²) in [5.74, 6) is 0.420. The Hall–Kier alpha value is -2.31. The van der Waals surface area contributed by atoms with Crippen LogP contribution in [0.1, 0.15) is 17.5 Å². The Kier molecular flexibility index (Phi) is 6.34. The number of nitrogens with zero attached hydrogens (tertiary/aromatic N) is 2. The standard InChI is InChI=1S/C17H19F4N5O2S/c1-9-4-14(24-25-16(9)23-12-6-11(18)7-22-8-12)13-3-2-10(17(19,20)21)5-15(13)26-29(27)28/h2-5,11-12,22,26H,6-8H2,1H3,(H,23,25)(H,27,28)/p-1. The van der Waals surface area contributed by atoms with Gasteiger partial charge in [0.25, 0.3) is 0 Å². The van der Waals surface area contributed by atoms with E-state index in [9.17, 15) is 26.3 Å². The Balaban J connectivity index is 1.90. The van der Waals surface area contributed by atoms with Gasteiger partial charge in [0.15, 0.2) is 5.82 Å². The Labute approximate surface area is 166 Å². The molecule has 2 heterocycles. The van der Waals surface area contributed by atoms with Crippen LogP contribution in [0.25, 0.3) is 11.3 Å². The molecule has 1 aromatic heterocycles. The molecule has 3 rings (SSSR count). The van der Waals surface area contributed by atoms with Crippen LogP contribution >= 0.6 is 0 Å². The fourth-order valence-electron chi connectivity index (χ4n) is 3.07. The molecule has 1 aliphatic rings. The van der Waals surface area contributed by atoms with Crippen LogP contribution in [0.4, 0.5) is 29.1 Å². The SMILES string of the molecule is Cc1cc(-c2ccc(C(F)(F)F)cc2NS(=O)[O-])nnc1NC1CNCC(F)C1. The van der Waals surface area contributed by atoms with Gasteiger partial charge in [-0.15, -0.1) is 10.2 Å². The summed E-state index contributed by atoms with van der Waals surface area (Å²) in [5.41, 5.74) is -0.292. The third kappa shape index (κ3) is 5.40. The van der Waals surface area contributed by atoms with Gasteiger partial charge in [-0.3, -0.25) is 4.21 Å². The normalized spacial score (nSPS) is 20.9. The highest BCUT2D eigenvalue weighted by Gasteiger charge is 2.31. The summed E-state index contributed by atoms with van der Waals surface area (Å²) < 4.78 is 76.4. The maximum Gasteiger partial charge on any atom is 0.416 e. The summed E-state index contributed by atoms with van der Waals surface area (Å²) in [6.07, 6.45) is -5.28. The van der Waals surface area contributed by atoms with Gasteiger partial charge in [0, 0.05) is 42.4 Å². The highest BCUT2D eigenvalue weighted by Crippen LogP contribution is 2.36. The molecule has 1 aliphatic heterocycles. The lowest BCUT2D eigenvalue weighted by atomic mass is 10.0. The van der Waals surface area contributed by atoms with Gasteiger partial charge in [0.2, 0.25) is 0 Å². The zero-order chi connectivity index (χ0) is 21.2. The summed E-state index contributed by atoms with van der Waals surface area (Å²) in [4.78, 5) is 0. The first kappa shape index (κ1) is 21.4. The van der Waals surface area contributed by atoms with E-state index in [2.05, 4.69) is 20.8 Å². The third-order valence-electron chi connectivity index (χ3n) is 4.44. The summed E-state index contributed by atoms with van der Waals surface area (Å²) in [5, 5.41) is 14.1. The van der Waals surface area contributed by atoms with Crippen molar-refractivity contribution in [3.05, 3.63) is 35.4 Å². The molecule has 3 unspecified atom stereocenters. The maximum atomic E-state index is 13.5. The van der Waals surface area contributed by atoms with Crippen molar-refractivity contribution in [1.82, 2.24) is 15.5 Å². The second-order valence-electron chi connectivity index (χ2n) is 6.69. The first-order valence-electron chi connectivity index (χ1n) is 8.66. The molecule has 0 aliphatic carbocycles. The van der Waals surface area contributed by atoms with Crippen molar-refractivity contribution < 1.29 is 26.3 Å². The van der Waals surface area contributed by atoms with E-state index in [0.717, 1.165) is 12.1 Å². The first-order chi connectivity index (χ1) is 13.6. The molecule has 1 aromatic carbocycles. The van der Waals surface area contributed by atoms with Gasteiger partial charge in [0.05, 0.1) is 16.9 Å². The number of aryl methyl sites for hydroxylation is 1. The largest absolute Gasteiger partial charge is 0.755 e. The van der Waals surface area contributed by atoms with Crippen LogP contribution in [-0.4, -0.2) is 44.3 Å². The summed E-state index contributed by atoms with van der Waals surface area (Å²) in [7, 11) is 0. The van der Waals surface area contributed by atoms with Gasteiger partial charge in [-0.1, -0.05) is 6.07 Å². The highest BCUT2D eigenvalue weighted by molar-refractivity contribution is 7.80. The number of rotatable bonds is 5. The molecule has 3 N–H and O–H groups in total. The van der Waals surface area contributed by atoms with Crippen molar-refractivity contribution >= 4 is 22.8 Å². The minimum atomic E-state index is -4.63. The number of alkyl halides is 4. The fraction of sp³-hybridized carbons (Fsp3) is 0.412. The Morgan fingerprint density at radius 3 is 2.62 bits per heavy atom. The molecule has 3 atom stereocenters. The molecule has 1 fully saturated rings. The van der Waals surface area contributed by atoms with Crippen molar-refractivity contribution in [1.29, 1.82) is 0 Å². The summed E-state index contributed by atoms with van der Waals surface area (Å²) >= 11 is -2.82. The zero-order valence-electron chi connectivity index (χ0n) is 15.2. The molecule has 1 saturated heterocycles. The minimum absolute atomic E-state index is 0.146. The third-order valence-corrected chi connectivity index (χ3v) is 4.82. The zero-order valence-corrected chi connectivity index (χ0v) is 16.0. The molecule has 12 heteroatoms. The van der Waals surface area contributed by atoms with E-state index < -0.39 is 29.2 Å². The average molecular weight is 432 g/mol. The van der Waals surface area contributed by atoms with E-state index in [0.29, 0.717) is 37.0 Å². The Bertz CT molecular complexity index is 912. The summed E-state index contributed by atoms with van der Waals surface area (Å²) in [6.45, 7) is 2.57. The highest BCUT2D eigenvalue weighted by atomic mass is 32.2. The van der Waals surface area contributed by atoms with Crippen LogP contribution in [0, 0.1) is 6.92 Å². The summed E-state index contributed by atoms with van der Waals surface area (Å²) in [6, 6.07) is 4.06. The quantitative estimate of drug-likeness (QED) is 0.496. The molecular weight excluding hydrogens is 414 g/mol. The number of aromatic nitrogens is 2. The van der Waals surface area contributed by atoms with Gasteiger partial charge >= 0.3 is 6.18 Å². The smallest absolute Gasteiger partial charge is 0.416 e.